The van der Waals surface area contributed by atoms with Crippen LogP contribution in [0.5, 0.6) is 0 Å². The molecule has 0 aromatic carbocycles. The number of hydrogen-bond acceptors (Lipinski definition) is 4. The molecule has 2 heterocycles. The molecule has 0 spiro atoms. The third-order valence-corrected chi connectivity index (χ3v) is 4.40. The van der Waals surface area contributed by atoms with Crippen LogP contribution in [-0.4, -0.2) is 70.1 Å². The van der Waals surface area contributed by atoms with E-state index < -0.39 is 67.0 Å². The van der Waals surface area contributed by atoms with E-state index in [9.17, 15) is 32.3 Å². The summed E-state index contributed by atoms with van der Waals surface area (Å²) in [5, 5.41) is 10.9. The molecule has 2 atom stereocenters. The normalized spacial score (nSPS) is 26.7. The molecule has 0 saturated carbocycles. The van der Waals surface area contributed by atoms with Gasteiger partial charge in [-0.05, 0) is 13.8 Å². The van der Waals surface area contributed by atoms with Gasteiger partial charge >= 0.3 is 18.2 Å². The summed E-state index contributed by atoms with van der Waals surface area (Å²) in [7, 11) is 0. The zero-order valence-electron chi connectivity index (χ0n) is 12.9. The van der Waals surface area contributed by atoms with E-state index in [0.29, 0.717) is 0 Å². The van der Waals surface area contributed by atoms with Crippen LogP contribution in [0, 0.1) is 11.8 Å². The van der Waals surface area contributed by atoms with Gasteiger partial charge < -0.3 is 14.9 Å². The van der Waals surface area contributed by atoms with Gasteiger partial charge in [-0.2, -0.15) is 13.2 Å². The van der Waals surface area contributed by atoms with E-state index in [-0.39, 0.29) is 0 Å². The molecule has 0 aliphatic carbocycles. The van der Waals surface area contributed by atoms with Gasteiger partial charge in [0.2, 0.25) is 5.91 Å². The maximum atomic E-state index is 12.9. The first-order valence-electron chi connectivity index (χ1n) is 7.06. The number of aliphatic carboxylic acids is 1. The molecule has 24 heavy (non-hydrogen) atoms. The molecule has 8 nitrogen and oxygen atoms in total. The van der Waals surface area contributed by atoms with E-state index in [1.54, 1.807) is 0 Å². The molecule has 4 amide bonds. The smallest absolute Gasteiger partial charge is 0.394 e. The summed E-state index contributed by atoms with van der Waals surface area (Å²) in [6.07, 6.45) is -4.75. The number of amides is 4. The average molecular weight is 351 g/mol. The fraction of sp³-hybridized carbons (Fsp3) is 0.692. The molecule has 2 rings (SSSR count). The molecule has 134 valence electrons. The SMILES string of the molecule is CC1(C)C(=O)NC(=O)N1CC(=O)N1C[C@@H](C(F)(F)F)[C@H](C(=O)O)C1. The van der Waals surface area contributed by atoms with Crippen LogP contribution in [0.15, 0.2) is 0 Å². The standard InChI is InChI=1S/C13H16F3N3O5/c1-12(2)10(23)17-11(24)19(12)5-8(20)18-3-6(9(21)22)7(4-18)13(14,15)16/h6-7H,3-5H2,1-2H3,(H,21,22)(H,17,23,24)/t6-,7-/m1/s1. The Morgan fingerprint density at radius 3 is 2.25 bits per heavy atom. The lowest BCUT2D eigenvalue weighted by Crippen LogP contribution is -2.49. The molecule has 0 bridgehead atoms. The van der Waals surface area contributed by atoms with Crippen molar-refractivity contribution in [1.82, 2.24) is 15.1 Å². The number of halogens is 3. The number of carboxylic acids is 1. The summed E-state index contributed by atoms with van der Waals surface area (Å²) < 4.78 is 38.8. The Bertz CT molecular complexity index is 604. The number of rotatable bonds is 3. The highest BCUT2D eigenvalue weighted by molar-refractivity contribution is 6.07. The van der Waals surface area contributed by atoms with Crippen LogP contribution in [0.4, 0.5) is 18.0 Å². The number of carbonyl (C=O) groups is 4. The van der Waals surface area contributed by atoms with Crippen LogP contribution in [0.2, 0.25) is 0 Å². The minimum absolute atomic E-state index is 0.595. The van der Waals surface area contributed by atoms with Gasteiger partial charge in [-0.3, -0.25) is 19.7 Å². The largest absolute Gasteiger partial charge is 0.481 e. The molecule has 0 aromatic heterocycles. The van der Waals surface area contributed by atoms with E-state index in [1.165, 1.54) is 13.8 Å². The molecule has 2 fully saturated rings. The summed E-state index contributed by atoms with van der Waals surface area (Å²) in [5.41, 5.74) is -1.32. The van der Waals surface area contributed by atoms with E-state index in [4.69, 9.17) is 5.11 Å². The van der Waals surface area contributed by atoms with Gasteiger partial charge in [0.25, 0.3) is 5.91 Å². The van der Waals surface area contributed by atoms with Crippen molar-refractivity contribution in [2.24, 2.45) is 11.8 Å². The van der Waals surface area contributed by atoms with E-state index in [2.05, 4.69) is 0 Å². The van der Waals surface area contributed by atoms with Crippen molar-refractivity contribution in [2.75, 3.05) is 19.6 Å². The lowest BCUT2D eigenvalue weighted by molar-refractivity contribution is -0.188. The zero-order chi connectivity index (χ0) is 18.4. The molecule has 2 aliphatic rings. The van der Waals surface area contributed by atoms with Gasteiger partial charge in [0.05, 0.1) is 11.8 Å². The van der Waals surface area contributed by atoms with Crippen molar-refractivity contribution >= 4 is 23.8 Å². The number of nitrogens with one attached hydrogen (secondary N) is 1. The summed E-state index contributed by atoms with van der Waals surface area (Å²) >= 11 is 0. The maximum absolute atomic E-state index is 12.9. The van der Waals surface area contributed by atoms with Gasteiger partial charge in [0.1, 0.15) is 12.1 Å². The molecule has 11 heteroatoms. The van der Waals surface area contributed by atoms with Crippen molar-refractivity contribution in [1.29, 1.82) is 0 Å². The fourth-order valence-corrected chi connectivity index (χ4v) is 2.79. The molecule has 0 radical (unpaired) electrons. The molecule has 0 unspecified atom stereocenters. The van der Waals surface area contributed by atoms with Crippen LogP contribution in [0.3, 0.4) is 0 Å². The molecule has 2 N–H and O–H groups in total. The topological polar surface area (TPSA) is 107 Å². The monoisotopic (exact) mass is 351 g/mol. The molecular weight excluding hydrogens is 335 g/mol. The zero-order valence-corrected chi connectivity index (χ0v) is 12.9. The Kier molecular flexibility index (Phi) is 4.23. The predicted molar refractivity (Wildman–Crippen MR) is 71.6 cm³/mol. The highest BCUT2D eigenvalue weighted by atomic mass is 19.4. The number of urea groups is 1. The molecule has 2 saturated heterocycles. The Morgan fingerprint density at radius 1 is 1.29 bits per heavy atom. The first-order chi connectivity index (χ1) is 10.9. The lowest BCUT2D eigenvalue weighted by atomic mass is 9.96. The van der Waals surface area contributed by atoms with Gasteiger partial charge in [-0.1, -0.05) is 0 Å². The van der Waals surface area contributed by atoms with E-state index in [0.717, 1.165) is 9.80 Å². The van der Waals surface area contributed by atoms with Crippen LogP contribution in [-0.2, 0) is 14.4 Å². The highest BCUT2D eigenvalue weighted by Gasteiger charge is 2.54. The number of nitrogens with zero attached hydrogens (tertiary/aromatic N) is 2. The lowest BCUT2D eigenvalue weighted by Gasteiger charge is -2.29. The first kappa shape index (κ1) is 18.0. The third-order valence-electron chi connectivity index (χ3n) is 4.40. The fourth-order valence-electron chi connectivity index (χ4n) is 2.79. The van der Waals surface area contributed by atoms with Crippen molar-refractivity contribution in [3.8, 4) is 0 Å². The van der Waals surface area contributed by atoms with Crippen LogP contribution >= 0.6 is 0 Å². The number of alkyl halides is 3. The average Bonchev–Trinajstić information content (AvgIpc) is 2.95. The first-order valence-corrected chi connectivity index (χ1v) is 7.06. The Labute approximate surface area is 134 Å². The summed E-state index contributed by atoms with van der Waals surface area (Å²) in [4.78, 5) is 48.2. The van der Waals surface area contributed by atoms with E-state index >= 15 is 0 Å². The van der Waals surface area contributed by atoms with Crippen molar-refractivity contribution in [2.45, 2.75) is 25.6 Å². The quantitative estimate of drug-likeness (QED) is 0.698. The molecule has 2 aliphatic heterocycles. The van der Waals surface area contributed by atoms with Gasteiger partial charge in [-0.25, -0.2) is 4.79 Å². The second-order valence-corrected chi connectivity index (χ2v) is 6.30. The predicted octanol–water partition coefficient (Wildman–Crippen LogP) is 0.0383. The number of carboxylic acid groups (broad SMARTS) is 1. The number of likely N-dealkylation sites (tertiary alicyclic amines) is 1. The summed E-state index contributed by atoms with van der Waals surface area (Å²) in [6, 6.07) is -0.820. The Hall–Kier alpha value is -2.33. The highest BCUT2D eigenvalue weighted by Crippen LogP contribution is 2.38. The minimum Gasteiger partial charge on any atom is -0.481 e. The van der Waals surface area contributed by atoms with Gasteiger partial charge in [-0.15, -0.1) is 0 Å². The van der Waals surface area contributed by atoms with Gasteiger partial charge in [0, 0.05) is 13.1 Å². The Balaban J connectivity index is 2.13. The number of imide groups is 1. The van der Waals surface area contributed by atoms with Crippen molar-refractivity contribution in [3.63, 3.8) is 0 Å². The van der Waals surface area contributed by atoms with Crippen LogP contribution < -0.4 is 5.32 Å². The second-order valence-electron chi connectivity index (χ2n) is 6.30. The van der Waals surface area contributed by atoms with Crippen molar-refractivity contribution < 1.29 is 37.5 Å². The molecule has 0 aromatic rings. The maximum Gasteiger partial charge on any atom is 0.394 e. The number of hydrogen-bond donors (Lipinski definition) is 2. The number of carbonyl (C=O) groups excluding carboxylic acids is 3. The van der Waals surface area contributed by atoms with Crippen LogP contribution in [0.25, 0.3) is 0 Å². The minimum atomic E-state index is -4.75. The van der Waals surface area contributed by atoms with E-state index in [1.807, 2.05) is 5.32 Å². The summed E-state index contributed by atoms with van der Waals surface area (Å²) in [5.74, 6) is -7.02. The summed E-state index contributed by atoms with van der Waals surface area (Å²) in [6.45, 7) is 0.791. The van der Waals surface area contributed by atoms with Crippen LogP contribution in [0.1, 0.15) is 13.8 Å². The Morgan fingerprint density at radius 2 is 1.88 bits per heavy atom. The third kappa shape index (κ3) is 3.02. The van der Waals surface area contributed by atoms with Gasteiger partial charge in [0.15, 0.2) is 0 Å². The molecular formula is C13H16F3N3O5. The second kappa shape index (κ2) is 5.64. The van der Waals surface area contributed by atoms with Crippen molar-refractivity contribution in [3.05, 3.63) is 0 Å².